The van der Waals surface area contributed by atoms with Crippen LogP contribution in [0.15, 0.2) is 24.3 Å². The molecular formula is C19H24N2OS. The third kappa shape index (κ3) is 2.48. The number of nitrogens with zero attached hydrogens (tertiary/aromatic N) is 1. The van der Waals surface area contributed by atoms with Gasteiger partial charge in [-0.3, -0.25) is 9.69 Å². The zero-order valence-electron chi connectivity index (χ0n) is 13.8. The van der Waals surface area contributed by atoms with Crippen molar-refractivity contribution in [1.82, 2.24) is 4.90 Å². The van der Waals surface area contributed by atoms with Gasteiger partial charge < -0.3 is 5.73 Å². The lowest BCUT2D eigenvalue weighted by molar-refractivity contribution is -0.0643. The van der Waals surface area contributed by atoms with Gasteiger partial charge in [-0.25, -0.2) is 0 Å². The number of thiophene rings is 1. The Balaban J connectivity index is 1.59. The maximum Gasteiger partial charge on any atom is 0.173 e. The Morgan fingerprint density at radius 3 is 2.74 bits per heavy atom. The predicted octanol–water partition coefficient (Wildman–Crippen LogP) is 4.18. The molecule has 4 heteroatoms. The highest BCUT2D eigenvalue weighted by atomic mass is 32.1. The van der Waals surface area contributed by atoms with Crippen LogP contribution in [0.1, 0.15) is 42.8 Å². The van der Waals surface area contributed by atoms with E-state index in [1.165, 1.54) is 25.9 Å². The molecule has 23 heavy (non-hydrogen) atoms. The van der Waals surface area contributed by atoms with Gasteiger partial charge in [0.1, 0.15) is 0 Å². The number of anilines is 1. The van der Waals surface area contributed by atoms with E-state index in [4.69, 9.17) is 5.73 Å². The monoisotopic (exact) mass is 328 g/mol. The van der Waals surface area contributed by atoms with Gasteiger partial charge in [-0.1, -0.05) is 6.07 Å². The number of ketones is 1. The molecule has 5 rings (SSSR count). The summed E-state index contributed by atoms with van der Waals surface area (Å²) >= 11 is 1.59. The summed E-state index contributed by atoms with van der Waals surface area (Å²) in [4.78, 5) is 16.4. The lowest BCUT2D eigenvalue weighted by Crippen LogP contribution is -2.61. The number of nitrogen functional groups attached to an aromatic ring is 1. The van der Waals surface area contributed by atoms with Gasteiger partial charge in [0.05, 0.1) is 4.88 Å². The van der Waals surface area contributed by atoms with E-state index in [0.717, 1.165) is 20.7 Å². The Hall–Kier alpha value is -1.39. The molecule has 3 saturated heterocycles. The molecule has 2 bridgehead atoms. The topological polar surface area (TPSA) is 46.3 Å². The molecule has 2 aromatic rings. The number of fused-ring (bicyclic) bond motifs is 4. The van der Waals surface area contributed by atoms with E-state index in [1.54, 1.807) is 11.3 Å². The van der Waals surface area contributed by atoms with E-state index >= 15 is 0 Å². The Morgan fingerprint density at radius 2 is 2.04 bits per heavy atom. The minimum absolute atomic E-state index is 0.151. The average molecular weight is 328 g/mol. The molecule has 3 aliphatic rings. The molecule has 0 amide bonds. The van der Waals surface area contributed by atoms with Gasteiger partial charge in [0.15, 0.2) is 5.78 Å². The van der Waals surface area contributed by atoms with E-state index < -0.39 is 0 Å². The van der Waals surface area contributed by atoms with Gasteiger partial charge in [-0.05, 0) is 75.2 Å². The first kappa shape index (κ1) is 15.2. The van der Waals surface area contributed by atoms with Crippen LogP contribution in [0.3, 0.4) is 0 Å². The molecule has 3 aliphatic heterocycles. The van der Waals surface area contributed by atoms with Gasteiger partial charge in [-0.2, -0.15) is 0 Å². The van der Waals surface area contributed by atoms with Crippen LogP contribution < -0.4 is 5.73 Å². The van der Waals surface area contributed by atoms with Crippen molar-refractivity contribution >= 4 is 32.9 Å². The smallest absolute Gasteiger partial charge is 0.173 e. The number of hydrogen-bond donors (Lipinski definition) is 1. The maximum atomic E-state index is 12.9. The molecular weight excluding hydrogens is 304 g/mol. The molecule has 1 aromatic carbocycles. The van der Waals surface area contributed by atoms with Crippen molar-refractivity contribution in [3.8, 4) is 0 Å². The van der Waals surface area contributed by atoms with Crippen molar-refractivity contribution < 1.29 is 4.79 Å². The standard InChI is InChI=1S/C19H24N2OS/c1-19(2)15(12-5-7-21(19)8-6-12)11-16(22)18-9-13-3-4-14(20)10-17(13)23-18/h3-4,9-10,12,15H,5-8,11,20H2,1-2H3/t15-/m1/s1. The summed E-state index contributed by atoms with van der Waals surface area (Å²) in [7, 11) is 0. The van der Waals surface area contributed by atoms with Gasteiger partial charge in [0.25, 0.3) is 0 Å². The van der Waals surface area contributed by atoms with E-state index in [1.807, 2.05) is 24.3 Å². The number of carbonyl (C=O) groups excluding carboxylic acids is 1. The molecule has 1 aromatic heterocycles. The number of benzene rings is 1. The van der Waals surface area contributed by atoms with Crippen LogP contribution in [0.25, 0.3) is 10.1 Å². The van der Waals surface area contributed by atoms with Gasteiger partial charge in [0, 0.05) is 22.3 Å². The SMILES string of the molecule is CC1(C)[C@H](CC(=O)c2cc3ccc(N)cc3s2)C2CCN1CC2. The summed E-state index contributed by atoms with van der Waals surface area (Å²) in [5, 5.41) is 1.13. The van der Waals surface area contributed by atoms with E-state index in [0.29, 0.717) is 24.0 Å². The van der Waals surface area contributed by atoms with Gasteiger partial charge in [0.2, 0.25) is 0 Å². The molecule has 0 aliphatic carbocycles. The van der Waals surface area contributed by atoms with Crippen LogP contribution in [0.2, 0.25) is 0 Å². The predicted molar refractivity (Wildman–Crippen MR) is 97.1 cm³/mol. The second kappa shape index (κ2) is 5.32. The maximum absolute atomic E-state index is 12.9. The number of piperidine rings is 3. The largest absolute Gasteiger partial charge is 0.399 e. The van der Waals surface area contributed by atoms with Crippen molar-refractivity contribution in [1.29, 1.82) is 0 Å². The molecule has 1 atom stereocenters. The summed E-state index contributed by atoms with van der Waals surface area (Å²) < 4.78 is 1.11. The number of hydrogen-bond acceptors (Lipinski definition) is 4. The first-order chi connectivity index (χ1) is 10.9. The highest BCUT2D eigenvalue weighted by Crippen LogP contribution is 2.46. The van der Waals surface area contributed by atoms with Crippen LogP contribution in [0.5, 0.6) is 0 Å². The van der Waals surface area contributed by atoms with Gasteiger partial charge >= 0.3 is 0 Å². The van der Waals surface area contributed by atoms with E-state index in [-0.39, 0.29) is 5.54 Å². The Labute approximate surface area is 141 Å². The minimum atomic E-state index is 0.151. The van der Waals surface area contributed by atoms with Crippen LogP contribution in [0, 0.1) is 11.8 Å². The third-order valence-electron chi connectivity index (χ3n) is 6.06. The van der Waals surface area contributed by atoms with Crippen molar-refractivity contribution in [2.75, 3.05) is 18.8 Å². The number of nitrogens with two attached hydrogens (primary N) is 1. The van der Waals surface area contributed by atoms with Crippen molar-refractivity contribution in [2.45, 2.75) is 38.6 Å². The highest BCUT2D eigenvalue weighted by Gasteiger charge is 2.47. The van der Waals surface area contributed by atoms with Gasteiger partial charge in [-0.15, -0.1) is 11.3 Å². The fourth-order valence-corrected chi connectivity index (χ4v) is 5.65. The Bertz CT molecular complexity index is 756. The first-order valence-electron chi connectivity index (χ1n) is 8.52. The first-order valence-corrected chi connectivity index (χ1v) is 9.34. The molecule has 0 spiro atoms. The molecule has 3 fully saturated rings. The Kier molecular flexibility index (Phi) is 3.50. The van der Waals surface area contributed by atoms with Crippen LogP contribution in [0.4, 0.5) is 5.69 Å². The number of Topliss-reactive ketones (excluding diaryl/α,β-unsaturated/α-hetero) is 1. The van der Waals surface area contributed by atoms with Crippen molar-refractivity contribution in [3.05, 3.63) is 29.1 Å². The quantitative estimate of drug-likeness (QED) is 0.679. The lowest BCUT2D eigenvalue weighted by Gasteiger charge is -2.56. The van der Waals surface area contributed by atoms with Crippen LogP contribution in [-0.4, -0.2) is 29.3 Å². The number of rotatable bonds is 3. The molecule has 122 valence electrons. The highest BCUT2D eigenvalue weighted by molar-refractivity contribution is 7.20. The molecule has 0 unspecified atom stereocenters. The minimum Gasteiger partial charge on any atom is -0.399 e. The summed E-state index contributed by atoms with van der Waals surface area (Å²) in [5.41, 5.74) is 6.76. The van der Waals surface area contributed by atoms with Crippen LogP contribution >= 0.6 is 11.3 Å². The van der Waals surface area contributed by atoms with E-state index in [9.17, 15) is 4.79 Å². The molecule has 4 heterocycles. The summed E-state index contributed by atoms with van der Waals surface area (Å²) in [6.07, 6.45) is 3.19. The summed E-state index contributed by atoms with van der Waals surface area (Å²) in [5.74, 6) is 1.49. The zero-order valence-corrected chi connectivity index (χ0v) is 14.7. The Morgan fingerprint density at radius 1 is 1.30 bits per heavy atom. The number of carbonyl (C=O) groups is 1. The zero-order chi connectivity index (χ0) is 16.2. The van der Waals surface area contributed by atoms with Crippen molar-refractivity contribution in [2.24, 2.45) is 11.8 Å². The molecule has 2 N–H and O–H groups in total. The molecule has 0 radical (unpaired) electrons. The fourth-order valence-electron chi connectivity index (χ4n) is 4.59. The van der Waals surface area contributed by atoms with E-state index in [2.05, 4.69) is 18.7 Å². The second-order valence-corrected chi connectivity index (χ2v) is 8.70. The second-order valence-electron chi connectivity index (χ2n) is 7.62. The normalized spacial score (nSPS) is 29.0. The summed E-state index contributed by atoms with van der Waals surface area (Å²) in [6, 6.07) is 7.92. The fraction of sp³-hybridized carbons (Fsp3) is 0.526. The third-order valence-corrected chi connectivity index (χ3v) is 7.19. The van der Waals surface area contributed by atoms with Crippen molar-refractivity contribution in [3.63, 3.8) is 0 Å². The van der Waals surface area contributed by atoms with Crippen LogP contribution in [-0.2, 0) is 0 Å². The molecule has 3 nitrogen and oxygen atoms in total. The molecule has 0 saturated carbocycles. The lowest BCUT2D eigenvalue weighted by atomic mass is 9.65. The summed E-state index contributed by atoms with van der Waals surface area (Å²) in [6.45, 7) is 7.04. The average Bonchev–Trinajstić information content (AvgIpc) is 2.94.